The van der Waals surface area contributed by atoms with Crippen molar-refractivity contribution in [1.82, 2.24) is 0 Å². The largest absolute Gasteiger partial charge is 0.466 e. The van der Waals surface area contributed by atoms with Gasteiger partial charge in [0.15, 0.2) is 0 Å². The fraction of sp³-hybridized carbons (Fsp3) is 0.231. The minimum atomic E-state index is -0.0875. The van der Waals surface area contributed by atoms with Crippen LogP contribution in [0.4, 0.5) is 0 Å². The minimum Gasteiger partial charge on any atom is -0.466 e. The second kappa shape index (κ2) is 4.52. The first-order valence-corrected chi connectivity index (χ1v) is 7.25. The third-order valence-electron chi connectivity index (χ3n) is 3.12. The lowest BCUT2D eigenvalue weighted by molar-refractivity contribution is 0.436. The SMILES string of the molecule is NC(c1occc1Br)C1CSc2ccccc21. The van der Waals surface area contributed by atoms with E-state index in [0.717, 1.165) is 16.0 Å². The molecule has 0 amide bonds. The highest BCUT2D eigenvalue weighted by Crippen LogP contribution is 2.45. The Bertz CT molecular complexity index is 540. The third-order valence-corrected chi connectivity index (χ3v) is 4.98. The lowest BCUT2D eigenvalue weighted by atomic mass is 9.92. The molecule has 0 fully saturated rings. The van der Waals surface area contributed by atoms with Crippen LogP contribution in [0.5, 0.6) is 0 Å². The Morgan fingerprint density at radius 3 is 2.94 bits per heavy atom. The zero-order chi connectivity index (χ0) is 11.8. The molecule has 2 unspecified atom stereocenters. The molecule has 1 aromatic heterocycles. The van der Waals surface area contributed by atoms with E-state index in [1.54, 1.807) is 6.26 Å². The van der Waals surface area contributed by atoms with Crippen molar-refractivity contribution in [3.8, 4) is 0 Å². The predicted octanol–water partition coefficient (Wildman–Crippen LogP) is 3.93. The number of rotatable bonds is 2. The van der Waals surface area contributed by atoms with Crippen molar-refractivity contribution in [2.75, 3.05) is 5.75 Å². The maximum absolute atomic E-state index is 6.32. The Labute approximate surface area is 113 Å². The number of thioether (sulfide) groups is 1. The van der Waals surface area contributed by atoms with Crippen molar-refractivity contribution in [1.29, 1.82) is 0 Å². The summed E-state index contributed by atoms with van der Waals surface area (Å²) in [5.74, 6) is 2.19. The number of hydrogen-bond acceptors (Lipinski definition) is 3. The van der Waals surface area contributed by atoms with E-state index in [1.165, 1.54) is 10.5 Å². The van der Waals surface area contributed by atoms with Crippen LogP contribution in [0.2, 0.25) is 0 Å². The summed E-state index contributed by atoms with van der Waals surface area (Å²) in [6.07, 6.45) is 1.67. The van der Waals surface area contributed by atoms with Crippen molar-refractivity contribution in [3.05, 3.63) is 52.4 Å². The summed E-state index contributed by atoms with van der Waals surface area (Å²) in [7, 11) is 0. The van der Waals surface area contributed by atoms with Gasteiger partial charge in [0, 0.05) is 16.6 Å². The smallest absolute Gasteiger partial charge is 0.135 e. The van der Waals surface area contributed by atoms with E-state index >= 15 is 0 Å². The van der Waals surface area contributed by atoms with Gasteiger partial charge in [0.1, 0.15) is 5.76 Å². The second-order valence-corrected chi connectivity index (χ2v) is 6.03. The van der Waals surface area contributed by atoms with Crippen LogP contribution in [0.1, 0.15) is 23.3 Å². The highest BCUT2D eigenvalue weighted by Gasteiger charge is 2.31. The molecule has 0 saturated heterocycles. The molecule has 2 heterocycles. The molecule has 17 heavy (non-hydrogen) atoms. The van der Waals surface area contributed by atoms with Gasteiger partial charge >= 0.3 is 0 Å². The Kier molecular flexibility index (Phi) is 3.03. The summed E-state index contributed by atoms with van der Waals surface area (Å²) >= 11 is 5.34. The van der Waals surface area contributed by atoms with Gasteiger partial charge in [0.2, 0.25) is 0 Å². The van der Waals surface area contributed by atoms with Crippen LogP contribution >= 0.6 is 27.7 Å². The molecule has 1 aromatic carbocycles. The molecule has 0 saturated carbocycles. The van der Waals surface area contributed by atoms with Gasteiger partial charge in [-0.3, -0.25) is 0 Å². The highest BCUT2D eigenvalue weighted by molar-refractivity contribution is 9.10. The molecule has 3 rings (SSSR count). The molecule has 1 aliphatic rings. The molecule has 0 spiro atoms. The van der Waals surface area contributed by atoms with Crippen molar-refractivity contribution >= 4 is 27.7 Å². The van der Waals surface area contributed by atoms with E-state index in [9.17, 15) is 0 Å². The van der Waals surface area contributed by atoms with Crippen LogP contribution in [-0.2, 0) is 0 Å². The molecule has 88 valence electrons. The average molecular weight is 310 g/mol. The molecular formula is C13H12BrNOS. The molecule has 2 aromatic rings. The number of furan rings is 1. The Morgan fingerprint density at radius 1 is 1.35 bits per heavy atom. The van der Waals surface area contributed by atoms with Gasteiger partial charge in [-0.2, -0.15) is 0 Å². The first-order valence-electron chi connectivity index (χ1n) is 5.47. The van der Waals surface area contributed by atoms with Crippen LogP contribution in [0, 0.1) is 0 Å². The molecule has 2 N–H and O–H groups in total. The fourth-order valence-electron chi connectivity index (χ4n) is 2.21. The van der Waals surface area contributed by atoms with Gasteiger partial charge in [-0.1, -0.05) is 18.2 Å². The number of fused-ring (bicyclic) bond motifs is 1. The Hall–Kier alpha value is -0.710. The van der Waals surface area contributed by atoms with Gasteiger partial charge in [-0.15, -0.1) is 11.8 Å². The van der Waals surface area contributed by atoms with E-state index in [4.69, 9.17) is 10.2 Å². The molecule has 1 aliphatic heterocycles. The van der Waals surface area contributed by atoms with Gasteiger partial charge in [0.05, 0.1) is 16.8 Å². The van der Waals surface area contributed by atoms with Gasteiger partial charge in [0.25, 0.3) is 0 Å². The number of hydrogen-bond donors (Lipinski definition) is 1. The number of nitrogens with two attached hydrogens (primary N) is 1. The zero-order valence-electron chi connectivity index (χ0n) is 9.10. The van der Waals surface area contributed by atoms with Crippen LogP contribution in [-0.4, -0.2) is 5.75 Å². The van der Waals surface area contributed by atoms with Gasteiger partial charge < -0.3 is 10.2 Å². The van der Waals surface area contributed by atoms with Crippen molar-refractivity contribution in [3.63, 3.8) is 0 Å². The van der Waals surface area contributed by atoms with Crippen LogP contribution in [0.15, 0.2) is 50.4 Å². The average Bonchev–Trinajstić information content (AvgIpc) is 2.94. The van der Waals surface area contributed by atoms with Crippen molar-refractivity contribution in [2.45, 2.75) is 16.9 Å². The van der Waals surface area contributed by atoms with E-state index in [1.807, 2.05) is 17.8 Å². The maximum Gasteiger partial charge on any atom is 0.135 e. The third kappa shape index (κ3) is 1.94. The Morgan fingerprint density at radius 2 is 2.18 bits per heavy atom. The summed E-state index contributed by atoms with van der Waals surface area (Å²) < 4.78 is 6.43. The molecule has 0 radical (unpaired) electrons. The quantitative estimate of drug-likeness (QED) is 0.913. The monoisotopic (exact) mass is 309 g/mol. The van der Waals surface area contributed by atoms with E-state index in [0.29, 0.717) is 5.92 Å². The van der Waals surface area contributed by atoms with Gasteiger partial charge in [-0.05, 0) is 33.6 Å². The summed E-state index contributed by atoms with van der Waals surface area (Å²) in [5, 5.41) is 0. The molecule has 2 atom stereocenters. The van der Waals surface area contributed by atoms with Crippen LogP contribution < -0.4 is 5.73 Å². The summed E-state index contributed by atoms with van der Waals surface area (Å²) in [5.41, 5.74) is 7.66. The zero-order valence-corrected chi connectivity index (χ0v) is 11.5. The molecular weight excluding hydrogens is 298 g/mol. The lowest BCUT2D eigenvalue weighted by Gasteiger charge is -2.18. The molecule has 0 aliphatic carbocycles. The van der Waals surface area contributed by atoms with Crippen LogP contribution in [0.3, 0.4) is 0 Å². The molecule has 2 nitrogen and oxygen atoms in total. The maximum atomic E-state index is 6.32. The summed E-state index contributed by atoms with van der Waals surface area (Å²) in [6.45, 7) is 0. The standard InChI is InChI=1S/C13H12BrNOS/c14-10-5-6-16-13(10)12(15)9-7-17-11-4-2-1-3-8(9)11/h1-6,9,12H,7,15H2. The molecule has 0 bridgehead atoms. The topological polar surface area (TPSA) is 39.2 Å². The minimum absolute atomic E-state index is 0.0875. The first-order chi connectivity index (χ1) is 8.27. The molecule has 4 heteroatoms. The summed E-state index contributed by atoms with van der Waals surface area (Å²) in [6, 6.07) is 10.3. The summed E-state index contributed by atoms with van der Waals surface area (Å²) in [4.78, 5) is 1.34. The van der Waals surface area contributed by atoms with Crippen LogP contribution in [0.25, 0.3) is 0 Å². The predicted molar refractivity (Wildman–Crippen MR) is 73.2 cm³/mol. The first kappa shape index (κ1) is 11.4. The van der Waals surface area contributed by atoms with Crippen molar-refractivity contribution in [2.24, 2.45) is 5.73 Å². The van der Waals surface area contributed by atoms with E-state index < -0.39 is 0 Å². The highest BCUT2D eigenvalue weighted by atomic mass is 79.9. The lowest BCUT2D eigenvalue weighted by Crippen LogP contribution is -2.19. The van der Waals surface area contributed by atoms with Crippen molar-refractivity contribution < 1.29 is 4.42 Å². The van der Waals surface area contributed by atoms with Gasteiger partial charge in [-0.25, -0.2) is 0 Å². The van der Waals surface area contributed by atoms with E-state index in [2.05, 4.69) is 40.2 Å². The fourth-order valence-corrected chi connectivity index (χ4v) is 3.98. The van der Waals surface area contributed by atoms with E-state index in [-0.39, 0.29) is 6.04 Å². The number of benzene rings is 1. The number of halogens is 1. The second-order valence-electron chi connectivity index (χ2n) is 4.11. The normalized spacial score (nSPS) is 20.2. The Balaban J connectivity index is 1.95.